The molecule has 0 aliphatic heterocycles. The molecule has 5 nitrogen and oxygen atoms in total. The van der Waals surface area contributed by atoms with Crippen LogP contribution in [-0.4, -0.2) is 27.6 Å². The lowest BCUT2D eigenvalue weighted by Crippen LogP contribution is -2.44. The molecule has 0 radical (unpaired) electrons. The van der Waals surface area contributed by atoms with Crippen LogP contribution in [0.4, 0.5) is 0 Å². The van der Waals surface area contributed by atoms with Crippen LogP contribution >= 0.6 is 0 Å². The number of benzene rings is 3. The second kappa shape index (κ2) is 11.2. The van der Waals surface area contributed by atoms with Gasteiger partial charge in [0.15, 0.2) is 0 Å². The van der Waals surface area contributed by atoms with E-state index in [2.05, 4.69) is 49.0 Å². The van der Waals surface area contributed by atoms with Gasteiger partial charge in [-0.3, -0.25) is 4.79 Å². The maximum absolute atomic E-state index is 13.1. The number of nitrogens with one attached hydrogen (secondary N) is 1. The van der Waals surface area contributed by atoms with Crippen LogP contribution in [0.25, 0.3) is 22.0 Å². The van der Waals surface area contributed by atoms with Gasteiger partial charge in [0.2, 0.25) is 0 Å². The summed E-state index contributed by atoms with van der Waals surface area (Å²) in [6.07, 6.45) is 1.67. The van der Waals surface area contributed by atoms with E-state index in [1.807, 2.05) is 83.1 Å². The minimum Gasteiger partial charge on any atom is -0.456 e. The Kier molecular flexibility index (Phi) is 8.12. The third kappa shape index (κ3) is 6.35. The van der Waals surface area contributed by atoms with Crippen molar-refractivity contribution in [3.8, 4) is 11.1 Å². The lowest BCUT2D eigenvalue weighted by molar-refractivity contribution is 0.00703. The summed E-state index contributed by atoms with van der Waals surface area (Å²) in [5, 5.41) is 4.12. The van der Waals surface area contributed by atoms with Crippen LogP contribution in [0.2, 0.25) is 0 Å². The number of esters is 1. The van der Waals surface area contributed by atoms with E-state index in [9.17, 15) is 9.59 Å². The number of hydrogen-bond donors (Lipinski definition) is 1. The molecule has 0 spiro atoms. The minimum atomic E-state index is -0.593. The van der Waals surface area contributed by atoms with E-state index in [1.54, 1.807) is 12.1 Å². The van der Waals surface area contributed by atoms with E-state index in [4.69, 9.17) is 4.74 Å². The standard InChI is InChI=1S/C36H40N2O3/c1-10-23(2)36(8,9)37-33(39)28-19-20-32-31(21-28)24(3)25(4)38(32)22-26-15-17-27(18-16-26)29-13-11-12-14-30(29)34(40)41-35(5,6)7/h10-21H,1-2,22H2,3-9H3,(H,37,39). The number of ether oxygens (including phenoxy) is 1. The molecule has 0 atom stereocenters. The van der Waals surface area contributed by atoms with Crippen LogP contribution in [0.3, 0.4) is 0 Å². The van der Waals surface area contributed by atoms with Gasteiger partial charge in [-0.25, -0.2) is 4.79 Å². The van der Waals surface area contributed by atoms with E-state index in [0.717, 1.165) is 44.4 Å². The van der Waals surface area contributed by atoms with Gasteiger partial charge in [-0.05, 0) is 101 Å². The highest BCUT2D eigenvalue weighted by atomic mass is 16.6. The van der Waals surface area contributed by atoms with Gasteiger partial charge in [0.05, 0.1) is 11.1 Å². The molecule has 0 unspecified atom stereocenters. The number of aromatic nitrogens is 1. The predicted molar refractivity (Wildman–Crippen MR) is 168 cm³/mol. The normalized spacial score (nSPS) is 11.8. The molecule has 0 aliphatic rings. The van der Waals surface area contributed by atoms with Crippen molar-refractivity contribution in [2.75, 3.05) is 0 Å². The van der Waals surface area contributed by atoms with Gasteiger partial charge in [-0.1, -0.05) is 61.7 Å². The van der Waals surface area contributed by atoms with Gasteiger partial charge in [-0.15, -0.1) is 0 Å². The Hall–Kier alpha value is -4.38. The van der Waals surface area contributed by atoms with E-state index < -0.39 is 11.1 Å². The zero-order chi connectivity index (χ0) is 30.1. The molecule has 0 bridgehead atoms. The van der Waals surface area contributed by atoms with Crippen LogP contribution in [0.5, 0.6) is 0 Å². The molecule has 0 aliphatic carbocycles. The fraction of sp³-hybridized carbons (Fsp3) is 0.278. The van der Waals surface area contributed by atoms with Gasteiger partial charge < -0.3 is 14.6 Å². The van der Waals surface area contributed by atoms with Gasteiger partial charge in [0, 0.05) is 28.7 Å². The molecule has 1 amide bonds. The maximum atomic E-state index is 13.1. The van der Waals surface area contributed by atoms with Crippen molar-refractivity contribution in [1.29, 1.82) is 0 Å². The molecule has 4 aromatic rings. The summed E-state index contributed by atoms with van der Waals surface area (Å²) in [4.78, 5) is 25.9. The highest BCUT2D eigenvalue weighted by Crippen LogP contribution is 2.30. The van der Waals surface area contributed by atoms with Gasteiger partial charge in [0.1, 0.15) is 5.60 Å². The zero-order valence-corrected chi connectivity index (χ0v) is 25.2. The summed E-state index contributed by atoms with van der Waals surface area (Å²) in [7, 11) is 0. The third-order valence-corrected chi connectivity index (χ3v) is 7.53. The zero-order valence-electron chi connectivity index (χ0n) is 25.2. The average molecular weight is 549 g/mol. The highest BCUT2D eigenvalue weighted by Gasteiger charge is 2.24. The second-order valence-electron chi connectivity index (χ2n) is 12.1. The molecule has 212 valence electrons. The third-order valence-electron chi connectivity index (χ3n) is 7.53. The topological polar surface area (TPSA) is 60.3 Å². The molecule has 0 saturated heterocycles. The summed E-state index contributed by atoms with van der Waals surface area (Å²) in [5.74, 6) is -0.476. The first-order valence-electron chi connectivity index (χ1n) is 13.9. The molecule has 5 heteroatoms. The molecule has 4 rings (SSSR count). The first kappa shape index (κ1) is 29.6. The largest absolute Gasteiger partial charge is 0.456 e. The number of carbonyl (C=O) groups excluding carboxylic acids is 2. The Labute approximate surface area is 243 Å². The van der Waals surface area contributed by atoms with Crippen molar-refractivity contribution in [3.63, 3.8) is 0 Å². The van der Waals surface area contributed by atoms with Gasteiger partial charge in [0.25, 0.3) is 5.91 Å². The van der Waals surface area contributed by atoms with Crippen molar-refractivity contribution in [3.05, 3.63) is 119 Å². The number of aryl methyl sites for hydroxylation is 1. The molecule has 3 aromatic carbocycles. The number of fused-ring (bicyclic) bond motifs is 1. The van der Waals surface area contributed by atoms with Gasteiger partial charge >= 0.3 is 5.97 Å². The molecule has 1 heterocycles. The number of carbonyl (C=O) groups is 2. The molecule has 0 fully saturated rings. The number of hydrogen-bond acceptors (Lipinski definition) is 3. The number of nitrogens with zero attached hydrogens (tertiary/aromatic N) is 1. The SMILES string of the molecule is C=CC(=C)C(C)(C)NC(=O)c1ccc2c(c1)c(C)c(C)n2Cc1ccc(-c2ccccc2C(=O)OC(C)(C)C)cc1. The first-order chi connectivity index (χ1) is 19.2. The maximum Gasteiger partial charge on any atom is 0.339 e. The monoisotopic (exact) mass is 548 g/mol. The summed E-state index contributed by atoms with van der Waals surface area (Å²) < 4.78 is 7.91. The molecule has 0 saturated carbocycles. The van der Waals surface area contributed by atoms with Crippen LogP contribution < -0.4 is 5.32 Å². The van der Waals surface area contributed by atoms with Crippen molar-refractivity contribution in [2.24, 2.45) is 0 Å². The summed E-state index contributed by atoms with van der Waals surface area (Å²) in [6, 6.07) is 21.7. The molecular formula is C36H40N2O3. The van der Waals surface area contributed by atoms with Crippen LogP contribution in [-0.2, 0) is 11.3 Å². The van der Waals surface area contributed by atoms with E-state index >= 15 is 0 Å². The smallest absolute Gasteiger partial charge is 0.339 e. The fourth-order valence-electron chi connectivity index (χ4n) is 4.90. The van der Waals surface area contributed by atoms with E-state index in [-0.39, 0.29) is 11.9 Å². The summed E-state index contributed by atoms with van der Waals surface area (Å²) >= 11 is 0. The quantitative estimate of drug-likeness (QED) is 0.178. The van der Waals surface area contributed by atoms with E-state index in [0.29, 0.717) is 17.7 Å². The Morgan fingerprint density at radius 1 is 0.951 bits per heavy atom. The molecule has 1 N–H and O–H groups in total. The Bertz CT molecular complexity index is 1650. The number of amides is 1. The first-order valence-corrected chi connectivity index (χ1v) is 13.9. The minimum absolute atomic E-state index is 0.146. The number of rotatable bonds is 8. The Balaban J connectivity index is 1.60. The van der Waals surface area contributed by atoms with Crippen LogP contribution in [0, 0.1) is 13.8 Å². The molecular weight excluding hydrogens is 508 g/mol. The van der Waals surface area contributed by atoms with Crippen molar-refractivity contribution < 1.29 is 14.3 Å². The second-order valence-corrected chi connectivity index (χ2v) is 12.1. The summed E-state index contributed by atoms with van der Waals surface area (Å²) in [6.45, 7) is 22.1. The van der Waals surface area contributed by atoms with Crippen LogP contribution in [0.15, 0.2) is 91.5 Å². The summed E-state index contributed by atoms with van der Waals surface area (Å²) in [5.41, 5.74) is 7.06. The molecule has 1 aromatic heterocycles. The Morgan fingerprint density at radius 3 is 2.24 bits per heavy atom. The average Bonchev–Trinajstić information content (AvgIpc) is 3.16. The van der Waals surface area contributed by atoms with Crippen molar-refractivity contribution in [2.45, 2.75) is 66.2 Å². The predicted octanol–water partition coefficient (Wildman–Crippen LogP) is 8.18. The fourth-order valence-corrected chi connectivity index (χ4v) is 4.90. The van der Waals surface area contributed by atoms with E-state index in [1.165, 1.54) is 0 Å². The Morgan fingerprint density at radius 2 is 1.61 bits per heavy atom. The van der Waals surface area contributed by atoms with Gasteiger partial charge in [-0.2, -0.15) is 0 Å². The lowest BCUT2D eigenvalue weighted by atomic mass is 9.95. The highest BCUT2D eigenvalue weighted by molar-refractivity contribution is 6.00. The molecule has 41 heavy (non-hydrogen) atoms. The van der Waals surface area contributed by atoms with Crippen LogP contribution in [0.1, 0.15) is 72.2 Å². The van der Waals surface area contributed by atoms with Crippen molar-refractivity contribution >= 4 is 22.8 Å². The van der Waals surface area contributed by atoms with Crippen molar-refractivity contribution in [1.82, 2.24) is 9.88 Å². The lowest BCUT2D eigenvalue weighted by Gasteiger charge is -2.27.